The maximum absolute atomic E-state index is 10.9. The highest BCUT2D eigenvalue weighted by molar-refractivity contribution is 7.90. The lowest BCUT2D eigenvalue weighted by atomic mass is 10.3. The van der Waals surface area contributed by atoms with E-state index >= 15 is 0 Å². The van der Waals surface area contributed by atoms with Gasteiger partial charge in [0.25, 0.3) is 0 Å². The predicted octanol–water partition coefficient (Wildman–Crippen LogP) is 0.626. The van der Waals surface area contributed by atoms with Gasteiger partial charge in [0.1, 0.15) is 15.7 Å². The smallest absolute Gasteiger partial charge is 0.337 e. The molecule has 17 heavy (non-hydrogen) atoms. The van der Waals surface area contributed by atoms with Crippen LogP contribution in [0.2, 0.25) is 0 Å². The Morgan fingerprint density at radius 1 is 1.47 bits per heavy atom. The lowest BCUT2D eigenvalue weighted by Crippen LogP contribution is -2.10. The van der Waals surface area contributed by atoms with E-state index in [0.717, 1.165) is 0 Å². The molecule has 0 aliphatic carbocycles. The van der Waals surface area contributed by atoms with Crippen molar-refractivity contribution in [2.24, 2.45) is 0 Å². The van der Waals surface area contributed by atoms with Crippen molar-refractivity contribution in [3.8, 4) is 0 Å². The van der Waals surface area contributed by atoms with Gasteiger partial charge in [0, 0.05) is 19.0 Å². The Bertz CT molecular complexity index is 482. The molecule has 0 bridgehead atoms. The molecule has 1 heterocycles. The molecule has 7 heteroatoms. The summed E-state index contributed by atoms with van der Waals surface area (Å²) in [4.78, 5) is 14.4. The van der Waals surface area contributed by atoms with E-state index < -0.39 is 15.8 Å². The van der Waals surface area contributed by atoms with Gasteiger partial charge in [-0.15, -0.1) is 0 Å². The Kier molecular flexibility index (Phi) is 4.45. The van der Waals surface area contributed by atoms with Gasteiger partial charge < -0.3 is 10.4 Å². The summed E-state index contributed by atoms with van der Waals surface area (Å²) in [5, 5.41) is 11.6. The Hall–Kier alpha value is -1.63. The van der Waals surface area contributed by atoms with Gasteiger partial charge in [0.15, 0.2) is 0 Å². The van der Waals surface area contributed by atoms with Crippen LogP contribution >= 0.6 is 0 Å². The zero-order chi connectivity index (χ0) is 12.9. The number of pyridine rings is 1. The van der Waals surface area contributed by atoms with Crippen LogP contribution in [0.25, 0.3) is 0 Å². The summed E-state index contributed by atoms with van der Waals surface area (Å²) in [6.45, 7) is 0.479. The number of carboxylic acids is 1. The van der Waals surface area contributed by atoms with Crippen LogP contribution in [0.15, 0.2) is 18.3 Å². The number of aromatic carboxylic acids is 1. The number of carbonyl (C=O) groups is 1. The van der Waals surface area contributed by atoms with E-state index in [4.69, 9.17) is 5.11 Å². The van der Waals surface area contributed by atoms with Crippen molar-refractivity contribution < 1.29 is 18.3 Å². The Balaban J connectivity index is 2.40. The molecule has 0 aliphatic rings. The van der Waals surface area contributed by atoms with Gasteiger partial charge in [-0.05, 0) is 18.6 Å². The third-order valence-corrected chi connectivity index (χ3v) is 3.04. The van der Waals surface area contributed by atoms with Crippen LogP contribution in [-0.4, -0.2) is 43.0 Å². The van der Waals surface area contributed by atoms with Gasteiger partial charge in [-0.3, -0.25) is 0 Å². The normalized spacial score (nSPS) is 11.1. The molecule has 0 spiro atoms. The highest BCUT2D eigenvalue weighted by atomic mass is 32.2. The van der Waals surface area contributed by atoms with Crippen molar-refractivity contribution in [1.29, 1.82) is 0 Å². The van der Waals surface area contributed by atoms with Gasteiger partial charge in [-0.2, -0.15) is 0 Å². The molecule has 0 fully saturated rings. The highest BCUT2D eigenvalue weighted by Gasteiger charge is 2.03. The van der Waals surface area contributed by atoms with Crippen molar-refractivity contribution in [2.75, 3.05) is 23.9 Å². The summed E-state index contributed by atoms with van der Waals surface area (Å²) in [5.74, 6) is -0.377. The summed E-state index contributed by atoms with van der Waals surface area (Å²) in [6.07, 6.45) is 2.93. The molecule has 0 saturated carbocycles. The number of nitrogens with zero attached hydrogens (tertiary/aromatic N) is 1. The molecule has 0 unspecified atom stereocenters. The number of rotatable bonds is 6. The molecule has 0 aliphatic heterocycles. The van der Waals surface area contributed by atoms with E-state index in [-0.39, 0.29) is 11.3 Å². The van der Waals surface area contributed by atoms with Crippen LogP contribution in [0.5, 0.6) is 0 Å². The molecule has 1 rings (SSSR count). The maximum Gasteiger partial charge on any atom is 0.337 e. The third kappa shape index (κ3) is 5.30. The fraction of sp³-hybridized carbons (Fsp3) is 0.400. The number of hydrogen-bond donors (Lipinski definition) is 2. The quantitative estimate of drug-likeness (QED) is 0.726. The Morgan fingerprint density at radius 2 is 2.18 bits per heavy atom. The second kappa shape index (κ2) is 5.62. The highest BCUT2D eigenvalue weighted by Crippen LogP contribution is 2.05. The van der Waals surface area contributed by atoms with E-state index in [2.05, 4.69) is 10.3 Å². The first-order chi connectivity index (χ1) is 7.88. The summed E-state index contributed by atoms with van der Waals surface area (Å²) >= 11 is 0. The standard InChI is InChI=1S/C10H14N2O4S/c1-17(15,16)6-2-5-11-9-4-3-8(7-12-9)10(13)14/h3-4,7H,2,5-6H2,1H3,(H,11,12)(H,13,14). The van der Waals surface area contributed by atoms with E-state index in [0.29, 0.717) is 18.8 Å². The molecule has 0 radical (unpaired) electrons. The third-order valence-electron chi connectivity index (χ3n) is 2.01. The van der Waals surface area contributed by atoms with Crippen LogP contribution < -0.4 is 5.32 Å². The molecule has 0 atom stereocenters. The lowest BCUT2D eigenvalue weighted by Gasteiger charge is -2.04. The van der Waals surface area contributed by atoms with Crippen molar-refractivity contribution in [3.63, 3.8) is 0 Å². The Morgan fingerprint density at radius 3 is 2.65 bits per heavy atom. The molecular weight excluding hydrogens is 244 g/mol. The van der Waals surface area contributed by atoms with Crippen LogP contribution in [0.1, 0.15) is 16.8 Å². The average Bonchev–Trinajstić information content (AvgIpc) is 2.24. The molecule has 1 aromatic rings. The zero-order valence-corrected chi connectivity index (χ0v) is 10.2. The topological polar surface area (TPSA) is 96.4 Å². The second-order valence-corrected chi connectivity index (χ2v) is 5.91. The van der Waals surface area contributed by atoms with Crippen LogP contribution in [0.4, 0.5) is 5.82 Å². The lowest BCUT2D eigenvalue weighted by molar-refractivity contribution is 0.0696. The zero-order valence-electron chi connectivity index (χ0n) is 9.38. The molecule has 2 N–H and O–H groups in total. The van der Waals surface area contributed by atoms with Crippen molar-refractivity contribution >= 4 is 21.6 Å². The minimum absolute atomic E-state index is 0.117. The maximum atomic E-state index is 10.9. The number of aromatic nitrogens is 1. The van der Waals surface area contributed by atoms with Gasteiger partial charge in [-0.1, -0.05) is 0 Å². The second-order valence-electron chi connectivity index (χ2n) is 3.65. The van der Waals surface area contributed by atoms with Gasteiger partial charge in [0.05, 0.1) is 11.3 Å². The Labute approximate surface area is 99.6 Å². The first-order valence-electron chi connectivity index (χ1n) is 4.99. The summed E-state index contributed by atoms with van der Waals surface area (Å²) < 4.78 is 21.7. The number of hydrogen-bond acceptors (Lipinski definition) is 5. The van der Waals surface area contributed by atoms with Gasteiger partial charge in [0.2, 0.25) is 0 Å². The molecule has 94 valence electrons. The fourth-order valence-electron chi connectivity index (χ4n) is 1.18. The first-order valence-corrected chi connectivity index (χ1v) is 7.05. The minimum Gasteiger partial charge on any atom is -0.478 e. The van der Waals surface area contributed by atoms with Gasteiger partial charge in [-0.25, -0.2) is 18.2 Å². The van der Waals surface area contributed by atoms with Gasteiger partial charge >= 0.3 is 5.97 Å². The van der Waals surface area contributed by atoms with Crippen LogP contribution in [0, 0.1) is 0 Å². The van der Waals surface area contributed by atoms with E-state index in [1.165, 1.54) is 18.5 Å². The summed E-state index contributed by atoms with van der Waals surface area (Å²) in [6, 6.07) is 2.98. The number of sulfone groups is 1. The number of carboxylic acid groups (broad SMARTS) is 1. The summed E-state index contributed by atoms with van der Waals surface area (Å²) in [7, 11) is -2.93. The molecule has 0 amide bonds. The largest absolute Gasteiger partial charge is 0.478 e. The van der Waals surface area contributed by atoms with Crippen molar-refractivity contribution in [1.82, 2.24) is 4.98 Å². The van der Waals surface area contributed by atoms with E-state index in [9.17, 15) is 13.2 Å². The average molecular weight is 258 g/mol. The molecule has 0 saturated heterocycles. The SMILES string of the molecule is CS(=O)(=O)CCCNc1ccc(C(=O)O)cn1. The predicted molar refractivity (Wildman–Crippen MR) is 64.0 cm³/mol. The fourth-order valence-corrected chi connectivity index (χ4v) is 1.84. The van der Waals surface area contributed by atoms with E-state index in [1.54, 1.807) is 6.07 Å². The molecule has 6 nitrogen and oxygen atoms in total. The van der Waals surface area contributed by atoms with Crippen molar-refractivity contribution in [3.05, 3.63) is 23.9 Å². The number of anilines is 1. The first kappa shape index (κ1) is 13.4. The monoisotopic (exact) mass is 258 g/mol. The molecule has 0 aromatic carbocycles. The van der Waals surface area contributed by atoms with E-state index in [1.807, 2.05) is 0 Å². The van der Waals surface area contributed by atoms with Crippen LogP contribution in [-0.2, 0) is 9.84 Å². The van der Waals surface area contributed by atoms with Crippen molar-refractivity contribution in [2.45, 2.75) is 6.42 Å². The van der Waals surface area contributed by atoms with Crippen LogP contribution in [0.3, 0.4) is 0 Å². The summed E-state index contributed by atoms with van der Waals surface area (Å²) in [5.41, 5.74) is 0.117. The minimum atomic E-state index is -2.93. The molecule has 1 aromatic heterocycles. The molecular formula is C10H14N2O4S. The number of nitrogens with one attached hydrogen (secondary N) is 1.